The summed E-state index contributed by atoms with van der Waals surface area (Å²) in [5.41, 5.74) is 2.92. The summed E-state index contributed by atoms with van der Waals surface area (Å²) < 4.78 is 0. The smallest absolute Gasteiger partial charge is 0.258 e. The molecule has 0 aliphatic heterocycles. The van der Waals surface area contributed by atoms with Crippen LogP contribution in [0.25, 0.3) is 10.9 Å². The number of nitriles is 1. The molecule has 3 aromatic rings. The number of carbonyl (C=O) groups is 1. The van der Waals surface area contributed by atoms with Crippen LogP contribution in [0.4, 0.5) is 5.69 Å². The first-order valence-corrected chi connectivity index (χ1v) is 6.55. The largest absolute Gasteiger partial charge is 0.361 e. The molecule has 0 bridgehead atoms. The topological polar surface area (TPSA) is 59.9 Å². The predicted molar refractivity (Wildman–Crippen MR) is 82.2 cm³/mol. The number of aromatic amines is 1. The Hall–Kier alpha value is -3.06. The molecule has 0 aliphatic rings. The van der Waals surface area contributed by atoms with E-state index in [1.54, 1.807) is 36.2 Å². The van der Waals surface area contributed by atoms with Crippen LogP contribution in [0.5, 0.6) is 0 Å². The second kappa shape index (κ2) is 5.14. The lowest BCUT2D eigenvalue weighted by Crippen LogP contribution is -2.26. The van der Waals surface area contributed by atoms with Gasteiger partial charge in [0.25, 0.3) is 5.91 Å². The van der Waals surface area contributed by atoms with Gasteiger partial charge in [-0.3, -0.25) is 4.79 Å². The average molecular weight is 275 g/mol. The lowest BCUT2D eigenvalue weighted by atomic mass is 10.1. The summed E-state index contributed by atoms with van der Waals surface area (Å²) in [5.74, 6) is -0.0788. The van der Waals surface area contributed by atoms with Gasteiger partial charge < -0.3 is 9.88 Å². The maximum absolute atomic E-state index is 12.7. The van der Waals surface area contributed by atoms with Gasteiger partial charge >= 0.3 is 0 Å². The van der Waals surface area contributed by atoms with Crippen LogP contribution < -0.4 is 4.90 Å². The standard InChI is InChI=1S/C17H13N3O/c1-20(13-7-5-12(11-18)6-8-13)17(21)15-3-2-4-16-14(15)9-10-19-16/h2-10,19H,1H3. The summed E-state index contributed by atoms with van der Waals surface area (Å²) in [6.45, 7) is 0. The molecule has 0 radical (unpaired) electrons. The van der Waals surface area contributed by atoms with Crippen molar-refractivity contribution in [2.45, 2.75) is 0 Å². The van der Waals surface area contributed by atoms with Crippen molar-refractivity contribution in [1.82, 2.24) is 4.98 Å². The predicted octanol–water partition coefficient (Wildman–Crippen LogP) is 3.32. The van der Waals surface area contributed by atoms with E-state index in [0.717, 1.165) is 16.6 Å². The first-order valence-electron chi connectivity index (χ1n) is 6.55. The van der Waals surface area contributed by atoms with Crippen molar-refractivity contribution in [3.8, 4) is 6.07 Å². The Kier molecular flexibility index (Phi) is 3.17. The van der Waals surface area contributed by atoms with Crippen molar-refractivity contribution in [3.05, 3.63) is 65.9 Å². The average Bonchev–Trinajstić information content (AvgIpc) is 3.02. The lowest BCUT2D eigenvalue weighted by Gasteiger charge is -2.18. The van der Waals surface area contributed by atoms with Gasteiger partial charge in [-0.25, -0.2) is 0 Å². The molecule has 0 aliphatic carbocycles. The van der Waals surface area contributed by atoms with Gasteiger partial charge in [0.05, 0.1) is 11.6 Å². The van der Waals surface area contributed by atoms with Gasteiger partial charge in [0.2, 0.25) is 0 Å². The maximum Gasteiger partial charge on any atom is 0.258 e. The molecule has 0 saturated heterocycles. The van der Waals surface area contributed by atoms with Crippen LogP contribution in [0.3, 0.4) is 0 Å². The number of hydrogen-bond donors (Lipinski definition) is 1. The first-order chi connectivity index (χ1) is 10.2. The highest BCUT2D eigenvalue weighted by atomic mass is 16.2. The van der Waals surface area contributed by atoms with Crippen molar-refractivity contribution in [2.75, 3.05) is 11.9 Å². The first kappa shape index (κ1) is 12.9. The molecule has 3 rings (SSSR count). The number of fused-ring (bicyclic) bond motifs is 1. The summed E-state index contributed by atoms with van der Waals surface area (Å²) in [6, 6.07) is 16.5. The molecule has 0 saturated carbocycles. The fourth-order valence-electron chi connectivity index (χ4n) is 2.33. The number of hydrogen-bond acceptors (Lipinski definition) is 2. The number of carbonyl (C=O) groups excluding carboxylic acids is 1. The molecule has 21 heavy (non-hydrogen) atoms. The Bertz CT molecular complexity index is 840. The highest BCUT2D eigenvalue weighted by molar-refractivity contribution is 6.13. The second-order valence-corrected chi connectivity index (χ2v) is 4.77. The van der Waals surface area contributed by atoms with E-state index in [9.17, 15) is 4.79 Å². The minimum atomic E-state index is -0.0788. The summed E-state index contributed by atoms with van der Waals surface area (Å²) in [4.78, 5) is 17.3. The van der Waals surface area contributed by atoms with Crippen molar-refractivity contribution >= 4 is 22.5 Å². The van der Waals surface area contributed by atoms with Gasteiger partial charge in [0.15, 0.2) is 0 Å². The van der Waals surface area contributed by atoms with Gasteiger partial charge in [0.1, 0.15) is 0 Å². The number of nitrogens with zero attached hydrogens (tertiary/aromatic N) is 2. The van der Waals surface area contributed by atoms with E-state index in [4.69, 9.17) is 5.26 Å². The van der Waals surface area contributed by atoms with Crippen LogP contribution >= 0.6 is 0 Å². The van der Waals surface area contributed by atoms with Crippen LogP contribution in [0.1, 0.15) is 15.9 Å². The van der Waals surface area contributed by atoms with E-state index in [2.05, 4.69) is 11.1 Å². The van der Waals surface area contributed by atoms with E-state index in [0.29, 0.717) is 11.1 Å². The molecule has 1 heterocycles. The maximum atomic E-state index is 12.7. The molecule has 0 atom stereocenters. The number of rotatable bonds is 2. The van der Waals surface area contributed by atoms with Crippen LogP contribution in [0.15, 0.2) is 54.7 Å². The van der Waals surface area contributed by atoms with Crippen molar-refractivity contribution < 1.29 is 4.79 Å². The Morgan fingerprint density at radius 3 is 2.62 bits per heavy atom. The normalized spacial score (nSPS) is 10.3. The third-order valence-electron chi connectivity index (χ3n) is 3.51. The Labute approximate surface area is 122 Å². The zero-order valence-corrected chi connectivity index (χ0v) is 11.5. The van der Waals surface area contributed by atoms with E-state index in [1.165, 1.54) is 0 Å². The molecule has 102 valence electrons. The van der Waals surface area contributed by atoms with E-state index in [-0.39, 0.29) is 5.91 Å². The van der Waals surface area contributed by atoms with E-state index >= 15 is 0 Å². The van der Waals surface area contributed by atoms with Crippen molar-refractivity contribution in [3.63, 3.8) is 0 Å². The zero-order chi connectivity index (χ0) is 14.8. The Balaban J connectivity index is 1.97. The van der Waals surface area contributed by atoms with Crippen LogP contribution in [-0.2, 0) is 0 Å². The molecular weight excluding hydrogens is 262 g/mol. The van der Waals surface area contributed by atoms with Crippen LogP contribution in [0.2, 0.25) is 0 Å². The number of aromatic nitrogens is 1. The highest BCUT2D eigenvalue weighted by Crippen LogP contribution is 2.22. The van der Waals surface area contributed by atoms with Gasteiger partial charge in [-0.15, -0.1) is 0 Å². The number of benzene rings is 2. The van der Waals surface area contributed by atoms with Gasteiger partial charge in [-0.2, -0.15) is 5.26 Å². The molecule has 4 heteroatoms. The molecule has 0 unspecified atom stereocenters. The minimum absolute atomic E-state index is 0.0788. The molecule has 4 nitrogen and oxygen atoms in total. The zero-order valence-electron chi connectivity index (χ0n) is 11.5. The molecule has 2 aromatic carbocycles. The number of nitrogens with one attached hydrogen (secondary N) is 1. The van der Waals surface area contributed by atoms with Crippen LogP contribution in [-0.4, -0.2) is 17.9 Å². The fourth-order valence-corrected chi connectivity index (χ4v) is 2.33. The van der Waals surface area contributed by atoms with Gasteiger partial charge in [-0.05, 0) is 42.5 Å². The molecular formula is C17H13N3O. The third kappa shape index (κ3) is 2.26. The number of amides is 1. The van der Waals surface area contributed by atoms with Crippen LogP contribution in [0, 0.1) is 11.3 Å². The summed E-state index contributed by atoms with van der Waals surface area (Å²) in [6.07, 6.45) is 1.82. The van der Waals surface area contributed by atoms with Crippen molar-refractivity contribution in [1.29, 1.82) is 5.26 Å². The lowest BCUT2D eigenvalue weighted by molar-refractivity contribution is 0.0994. The minimum Gasteiger partial charge on any atom is -0.361 e. The fraction of sp³-hybridized carbons (Fsp3) is 0.0588. The van der Waals surface area contributed by atoms with Gasteiger partial charge in [-0.1, -0.05) is 6.07 Å². The monoisotopic (exact) mass is 275 g/mol. The Morgan fingerprint density at radius 2 is 1.90 bits per heavy atom. The quantitative estimate of drug-likeness (QED) is 0.780. The third-order valence-corrected chi connectivity index (χ3v) is 3.51. The highest BCUT2D eigenvalue weighted by Gasteiger charge is 2.16. The summed E-state index contributed by atoms with van der Waals surface area (Å²) in [7, 11) is 1.73. The van der Waals surface area contributed by atoms with Gasteiger partial charge in [0, 0.05) is 35.4 Å². The van der Waals surface area contributed by atoms with E-state index < -0.39 is 0 Å². The van der Waals surface area contributed by atoms with Crippen molar-refractivity contribution in [2.24, 2.45) is 0 Å². The molecule has 1 amide bonds. The summed E-state index contributed by atoms with van der Waals surface area (Å²) in [5, 5.41) is 9.72. The Morgan fingerprint density at radius 1 is 1.14 bits per heavy atom. The molecule has 0 fully saturated rings. The number of H-pyrrole nitrogens is 1. The SMILES string of the molecule is CN(C(=O)c1cccc2[nH]ccc12)c1ccc(C#N)cc1. The second-order valence-electron chi connectivity index (χ2n) is 4.77. The molecule has 0 spiro atoms. The van der Waals surface area contributed by atoms with E-state index in [1.807, 2.05) is 30.5 Å². The summed E-state index contributed by atoms with van der Waals surface area (Å²) >= 11 is 0. The molecule has 1 aromatic heterocycles. The number of anilines is 1. The molecule has 1 N–H and O–H groups in total.